The van der Waals surface area contributed by atoms with Crippen LogP contribution in [0, 0.1) is 0 Å². The number of nitrogens with two attached hydrogens (primary N) is 1. The van der Waals surface area contributed by atoms with Crippen LogP contribution in [0.3, 0.4) is 0 Å². The summed E-state index contributed by atoms with van der Waals surface area (Å²) in [5.74, 6) is 0. The lowest BCUT2D eigenvalue weighted by molar-refractivity contribution is 0.583. The maximum absolute atomic E-state index is 11.9. The van der Waals surface area contributed by atoms with Crippen molar-refractivity contribution >= 4 is 32.7 Å². The van der Waals surface area contributed by atoms with Gasteiger partial charge >= 0.3 is 0 Å². The van der Waals surface area contributed by atoms with Gasteiger partial charge in [-0.3, -0.25) is 0 Å². The molecule has 3 N–H and O–H groups in total. The van der Waals surface area contributed by atoms with E-state index in [1.165, 1.54) is 22.7 Å². The summed E-state index contributed by atoms with van der Waals surface area (Å²) >= 11 is 2.62. The number of hydrogen-bond acceptors (Lipinski definition) is 6. The first-order chi connectivity index (χ1) is 8.12. The molecule has 0 bridgehead atoms. The first-order valence-corrected chi connectivity index (χ1v) is 8.01. The van der Waals surface area contributed by atoms with Crippen LogP contribution in [0.1, 0.15) is 10.6 Å². The van der Waals surface area contributed by atoms with Gasteiger partial charge in [-0.15, -0.1) is 22.7 Å². The molecule has 0 aromatic carbocycles. The summed E-state index contributed by atoms with van der Waals surface area (Å²) in [7, 11) is -3.45. The van der Waals surface area contributed by atoms with Crippen LogP contribution in [-0.2, 0) is 23.1 Å². The van der Waals surface area contributed by atoms with Crippen LogP contribution in [-0.4, -0.2) is 13.4 Å². The largest absolute Gasteiger partial charge is 0.326 e. The lowest BCUT2D eigenvalue weighted by Gasteiger charge is -2.02. The lowest BCUT2D eigenvalue weighted by Crippen LogP contribution is -2.22. The van der Waals surface area contributed by atoms with E-state index in [0.29, 0.717) is 12.2 Å². The quantitative estimate of drug-likeness (QED) is 0.864. The number of thiophene rings is 1. The zero-order valence-electron chi connectivity index (χ0n) is 8.79. The summed E-state index contributed by atoms with van der Waals surface area (Å²) in [5, 5.41) is 1.81. The fourth-order valence-corrected chi connectivity index (χ4v) is 4.01. The van der Waals surface area contributed by atoms with E-state index in [0.717, 1.165) is 4.88 Å². The van der Waals surface area contributed by atoms with E-state index in [9.17, 15) is 8.42 Å². The molecule has 8 heteroatoms. The third kappa shape index (κ3) is 3.11. The van der Waals surface area contributed by atoms with Gasteiger partial charge in [0.2, 0.25) is 10.0 Å². The maximum atomic E-state index is 11.9. The molecule has 92 valence electrons. The molecule has 2 aromatic rings. The van der Waals surface area contributed by atoms with Crippen LogP contribution >= 0.6 is 22.7 Å². The summed E-state index contributed by atoms with van der Waals surface area (Å²) in [4.78, 5) is 4.86. The average Bonchev–Trinajstić information content (AvgIpc) is 2.98. The molecule has 0 saturated carbocycles. The van der Waals surface area contributed by atoms with Gasteiger partial charge in [0.1, 0.15) is 4.21 Å². The first-order valence-electron chi connectivity index (χ1n) is 4.77. The van der Waals surface area contributed by atoms with E-state index in [4.69, 9.17) is 5.73 Å². The van der Waals surface area contributed by atoms with Gasteiger partial charge in [0.05, 0.1) is 17.7 Å². The molecular weight excluding hydrogens is 278 g/mol. The van der Waals surface area contributed by atoms with E-state index >= 15 is 0 Å². The summed E-state index contributed by atoms with van der Waals surface area (Å²) in [6.45, 7) is 0.563. The number of nitrogens with one attached hydrogen (secondary N) is 1. The molecule has 2 rings (SSSR count). The number of thiazole rings is 1. The topological polar surface area (TPSA) is 85.1 Å². The van der Waals surface area contributed by atoms with Crippen LogP contribution in [0.4, 0.5) is 0 Å². The molecule has 0 fully saturated rings. The minimum atomic E-state index is -3.45. The van der Waals surface area contributed by atoms with Gasteiger partial charge in [-0.2, -0.15) is 0 Å². The predicted molar refractivity (Wildman–Crippen MR) is 68.3 cm³/mol. The van der Waals surface area contributed by atoms with Crippen LogP contribution in [0.2, 0.25) is 0 Å². The van der Waals surface area contributed by atoms with Crippen molar-refractivity contribution in [3.8, 4) is 0 Å². The van der Waals surface area contributed by atoms with Gasteiger partial charge in [-0.05, 0) is 12.1 Å². The third-order valence-corrected chi connectivity index (χ3v) is 5.67. The highest BCUT2D eigenvalue weighted by Gasteiger charge is 2.16. The van der Waals surface area contributed by atoms with Crippen LogP contribution < -0.4 is 10.5 Å². The van der Waals surface area contributed by atoms with Crippen molar-refractivity contribution in [3.63, 3.8) is 0 Å². The molecule has 0 radical (unpaired) electrons. The van der Waals surface area contributed by atoms with Crippen molar-refractivity contribution in [2.45, 2.75) is 17.3 Å². The number of aromatic nitrogens is 1. The smallest absolute Gasteiger partial charge is 0.250 e. The Balaban J connectivity index is 2.08. The second kappa shape index (κ2) is 5.23. The Labute approximate surface area is 107 Å². The Kier molecular flexibility index (Phi) is 3.89. The van der Waals surface area contributed by atoms with E-state index in [2.05, 4.69) is 9.71 Å². The van der Waals surface area contributed by atoms with Crippen molar-refractivity contribution in [3.05, 3.63) is 33.6 Å². The molecule has 2 heterocycles. The van der Waals surface area contributed by atoms with Crippen molar-refractivity contribution < 1.29 is 8.42 Å². The fourth-order valence-electron chi connectivity index (χ4n) is 1.18. The zero-order valence-corrected chi connectivity index (χ0v) is 11.2. The standard InChI is InChI=1S/C9H11N3O2S3/c10-3-8-1-2-9(16-8)17(13,14)12-4-7-5-15-6-11-7/h1-2,5-6,12H,3-4,10H2. The Bertz CT molecular complexity index is 574. The van der Waals surface area contributed by atoms with E-state index in [1.807, 2.05) is 5.38 Å². The Morgan fingerprint density at radius 3 is 2.82 bits per heavy atom. The normalized spacial score (nSPS) is 11.8. The SMILES string of the molecule is NCc1ccc(S(=O)(=O)NCc2cscn2)s1. The fraction of sp³-hybridized carbons (Fsp3) is 0.222. The van der Waals surface area contributed by atoms with Crippen LogP contribution in [0.15, 0.2) is 27.2 Å². The maximum Gasteiger partial charge on any atom is 0.250 e. The van der Waals surface area contributed by atoms with Crippen molar-refractivity contribution in [2.75, 3.05) is 0 Å². The highest BCUT2D eigenvalue weighted by atomic mass is 32.2. The van der Waals surface area contributed by atoms with Gasteiger partial charge in [0.25, 0.3) is 0 Å². The summed E-state index contributed by atoms with van der Waals surface area (Å²) < 4.78 is 26.6. The second-order valence-corrected chi connectivity index (χ2v) is 7.11. The summed E-state index contributed by atoms with van der Waals surface area (Å²) in [6, 6.07) is 3.29. The lowest BCUT2D eigenvalue weighted by atomic mass is 10.5. The van der Waals surface area contributed by atoms with E-state index in [-0.39, 0.29) is 10.8 Å². The van der Waals surface area contributed by atoms with Gasteiger partial charge in [0, 0.05) is 16.8 Å². The Morgan fingerprint density at radius 1 is 1.41 bits per heavy atom. The predicted octanol–water partition coefficient (Wildman–Crippen LogP) is 1.14. The highest BCUT2D eigenvalue weighted by Crippen LogP contribution is 2.21. The molecule has 0 aliphatic heterocycles. The summed E-state index contributed by atoms with van der Waals surface area (Å²) in [5.41, 5.74) is 7.83. The van der Waals surface area contributed by atoms with E-state index in [1.54, 1.807) is 17.6 Å². The first kappa shape index (κ1) is 12.7. The van der Waals surface area contributed by atoms with Crippen molar-refractivity contribution in [2.24, 2.45) is 5.73 Å². The number of nitrogens with zero attached hydrogens (tertiary/aromatic N) is 1. The minimum Gasteiger partial charge on any atom is -0.326 e. The number of rotatable bonds is 5. The Hall–Kier alpha value is -0.800. The van der Waals surface area contributed by atoms with Crippen LogP contribution in [0.25, 0.3) is 0 Å². The molecule has 0 atom stereocenters. The molecule has 0 aliphatic carbocycles. The Morgan fingerprint density at radius 2 is 2.24 bits per heavy atom. The molecule has 5 nitrogen and oxygen atoms in total. The average molecular weight is 289 g/mol. The molecule has 17 heavy (non-hydrogen) atoms. The van der Waals surface area contributed by atoms with Gasteiger partial charge in [-0.1, -0.05) is 0 Å². The van der Waals surface area contributed by atoms with Crippen molar-refractivity contribution in [1.29, 1.82) is 0 Å². The molecule has 0 amide bonds. The molecule has 0 saturated heterocycles. The van der Waals surface area contributed by atoms with Gasteiger partial charge in [0.15, 0.2) is 0 Å². The monoisotopic (exact) mass is 289 g/mol. The van der Waals surface area contributed by atoms with Crippen molar-refractivity contribution in [1.82, 2.24) is 9.71 Å². The highest BCUT2D eigenvalue weighted by molar-refractivity contribution is 7.91. The van der Waals surface area contributed by atoms with Crippen LogP contribution in [0.5, 0.6) is 0 Å². The third-order valence-electron chi connectivity index (χ3n) is 2.03. The van der Waals surface area contributed by atoms with Gasteiger partial charge < -0.3 is 5.73 Å². The summed E-state index contributed by atoms with van der Waals surface area (Å²) in [6.07, 6.45) is 0. The number of sulfonamides is 1. The zero-order chi connectivity index (χ0) is 12.3. The number of hydrogen-bond donors (Lipinski definition) is 2. The molecule has 0 aliphatic rings. The molecular formula is C9H11N3O2S3. The van der Waals surface area contributed by atoms with E-state index < -0.39 is 10.0 Å². The second-order valence-electron chi connectivity index (χ2n) is 3.23. The van der Waals surface area contributed by atoms with Gasteiger partial charge in [-0.25, -0.2) is 18.1 Å². The molecule has 0 spiro atoms. The minimum absolute atomic E-state index is 0.210. The molecule has 0 unspecified atom stereocenters. The molecule has 2 aromatic heterocycles.